The molecule has 8 heteroatoms. The Labute approximate surface area is 157 Å². The van der Waals surface area contributed by atoms with E-state index in [9.17, 15) is 4.39 Å². The molecule has 27 heavy (non-hydrogen) atoms. The van der Waals surface area contributed by atoms with Crippen molar-refractivity contribution in [1.29, 1.82) is 0 Å². The fraction of sp³-hybridized carbons (Fsp3) is 0.526. The van der Waals surface area contributed by atoms with Gasteiger partial charge in [-0.15, -0.1) is 0 Å². The van der Waals surface area contributed by atoms with Gasteiger partial charge in [0.2, 0.25) is 5.88 Å². The number of aryl methyl sites for hydroxylation is 2. The molecule has 7 nitrogen and oxygen atoms in total. The lowest BCUT2D eigenvalue weighted by atomic mass is 10.1. The highest BCUT2D eigenvalue weighted by molar-refractivity contribution is 5.36. The molecule has 2 aromatic rings. The maximum Gasteiger partial charge on any atom is 0.257 e. The molecule has 144 valence electrons. The molecule has 2 aliphatic rings. The molecule has 1 fully saturated rings. The normalized spacial score (nSPS) is 17.7. The number of nitrogens with zero attached hydrogens (tertiary/aromatic N) is 4. The van der Waals surface area contributed by atoms with Gasteiger partial charge in [-0.05, 0) is 26.7 Å². The maximum absolute atomic E-state index is 14.3. The van der Waals surface area contributed by atoms with Crippen molar-refractivity contribution in [3.8, 4) is 17.5 Å². The lowest BCUT2D eigenvalue weighted by Gasteiger charge is -2.31. The number of hydrogen-bond acceptors (Lipinski definition) is 7. The standard InChI is InChI=1S/C19H23FN4O3/c1-12-9-18(22-13(2)21-12)27-14-3-5-24(6-4-14)11-16-15(20)10-17-19(23-16)26-8-7-25-17/h9-10,14H,3-8,11H2,1-2H3. The first-order chi connectivity index (χ1) is 13.1. The second kappa shape index (κ2) is 7.64. The van der Waals surface area contributed by atoms with E-state index >= 15 is 0 Å². The van der Waals surface area contributed by atoms with E-state index in [1.165, 1.54) is 6.07 Å². The molecule has 0 bridgehead atoms. The van der Waals surface area contributed by atoms with Gasteiger partial charge in [0, 0.05) is 37.5 Å². The van der Waals surface area contributed by atoms with Crippen LogP contribution in [0.2, 0.25) is 0 Å². The Hall–Kier alpha value is -2.48. The van der Waals surface area contributed by atoms with Gasteiger partial charge in [-0.1, -0.05) is 0 Å². The number of likely N-dealkylation sites (tertiary alicyclic amines) is 1. The number of fused-ring (bicyclic) bond motifs is 1. The first kappa shape index (κ1) is 17.9. The SMILES string of the molecule is Cc1cc(OC2CCN(Cc3nc4c(cc3F)OCCO4)CC2)nc(C)n1. The molecule has 0 aliphatic carbocycles. The van der Waals surface area contributed by atoms with E-state index in [2.05, 4.69) is 19.9 Å². The highest BCUT2D eigenvalue weighted by Crippen LogP contribution is 2.30. The maximum atomic E-state index is 14.3. The van der Waals surface area contributed by atoms with Crippen LogP contribution in [-0.2, 0) is 6.54 Å². The highest BCUT2D eigenvalue weighted by Gasteiger charge is 2.24. The van der Waals surface area contributed by atoms with Crippen LogP contribution < -0.4 is 14.2 Å². The fourth-order valence-corrected chi connectivity index (χ4v) is 3.41. The second-order valence-electron chi connectivity index (χ2n) is 6.91. The van der Waals surface area contributed by atoms with Crippen molar-refractivity contribution in [3.05, 3.63) is 35.2 Å². The molecule has 0 amide bonds. The Morgan fingerprint density at radius 3 is 2.67 bits per heavy atom. The van der Waals surface area contributed by atoms with Gasteiger partial charge in [-0.25, -0.2) is 14.4 Å². The number of ether oxygens (including phenoxy) is 3. The second-order valence-corrected chi connectivity index (χ2v) is 6.91. The van der Waals surface area contributed by atoms with E-state index in [-0.39, 0.29) is 11.9 Å². The summed E-state index contributed by atoms with van der Waals surface area (Å²) in [5.74, 6) is 1.74. The van der Waals surface area contributed by atoms with E-state index in [1.54, 1.807) is 0 Å². The Bertz CT molecular complexity index is 805. The smallest absolute Gasteiger partial charge is 0.257 e. The number of pyridine rings is 1. The first-order valence-corrected chi connectivity index (χ1v) is 9.23. The fourth-order valence-electron chi connectivity index (χ4n) is 3.41. The Balaban J connectivity index is 1.34. The van der Waals surface area contributed by atoms with Crippen molar-refractivity contribution in [2.75, 3.05) is 26.3 Å². The molecular weight excluding hydrogens is 351 g/mol. The van der Waals surface area contributed by atoms with E-state index in [0.29, 0.717) is 48.8 Å². The minimum absolute atomic E-state index is 0.105. The van der Waals surface area contributed by atoms with Gasteiger partial charge in [-0.3, -0.25) is 4.90 Å². The molecule has 1 saturated heterocycles. The predicted molar refractivity (Wildman–Crippen MR) is 95.6 cm³/mol. The molecule has 0 saturated carbocycles. The number of hydrogen-bond donors (Lipinski definition) is 0. The average Bonchev–Trinajstić information content (AvgIpc) is 2.63. The van der Waals surface area contributed by atoms with Gasteiger partial charge < -0.3 is 14.2 Å². The van der Waals surface area contributed by atoms with Crippen LogP contribution in [0, 0.1) is 19.7 Å². The number of rotatable bonds is 4. The summed E-state index contributed by atoms with van der Waals surface area (Å²) in [6, 6.07) is 3.22. The number of halogens is 1. The minimum atomic E-state index is -0.357. The van der Waals surface area contributed by atoms with Crippen LogP contribution in [0.1, 0.15) is 30.1 Å². The van der Waals surface area contributed by atoms with Gasteiger partial charge in [0.25, 0.3) is 5.88 Å². The van der Waals surface area contributed by atoms with E-state index in [4.69, 9.17) is 14.2 Å². The van der Waals surface area contributed by atoms with Crippen molar-refractivity contribution < 1.29 is 18.6 Å². The lowest BCUT2D eigenvalue weighted by molar-refractivity contribution is 0.0911. The summed E-state index contributed by atoms with van der Waals surface area (Å²) in [4.78, 5) is 15.1. The third kappa shape index (κ3) is 4.27. The summed E-state index contributed by atoms with van der Waals surface area (Å²) in [6.45, 7) is 6.71. The molecule has 2 aliphatic heterocycles. The van der Waals surface area contributed by atoms with Crippen molar-refractivity contribution in [1.82, 2.24) is 19.9 Å². The van der Waals surface area contributed by atoms with E-state index in [1.807, 2.05) is 19.9 Å². The Morgan fingerprint density at radius 1 is 1.11 bits per heavy atom. The molecule has 0 N–H and O–H groups in total. The summed E-state index contributed by atoms with van der Waals surface area (Å²) < 4.78 is 31.1. The first-order valence-electron chi connectivity index (χ1n) is 9.23. The van der Waals surface area contributed by atoms with Crippen molar-refractivity contribution in [2.24, 2.45) is 0 Å². The van der Waals surface area contributed by atoms with E-state index in [0.717, 1.165) is 31.6 Å². The van der Waals surface area contributed by atoms with Crippen LogP contribution in [0.25, 0.3) is 0 Å². The van der Waals surface area contributed by atoms with Gasteiger partial charge in [0.1, 0.15) is 31.0 Å². The molecule has 0 unspecified atom stereocenters. The summed E-state index contributed by atoms with van der Waals surface area (Å²) in [5, 5.41) is 0. The van der Waals surface area contributed by atoms with Crippen LogP contribution >= 0.6 is 0 Å². The summed E-state index contributed by atoms with van der Waals surface area (Å²) in [5.41, 5.74) is 1.29. The third-order valence-electron chi connectivity index (χ3n) is 4.70. The average molecular weight is 374 g/mol. The molecule has 0 aromatic carbocycles. The van der Waals surface area contributed by atoms with E-state index < -0.39 is 0 Å². The molecule has 0 spiro atoms. The third-order valence-corrected chi connectivity index (χ3v) is 4.70. The zero-order valence-electron chi connectivity index (χ0n) is 15.6. The van der Waals surface area contributed by atoms with Gasteiger partial charge >= 0.3 is 0 Å². The summed E-state index contributed by atoms with van der Waals surface area (Å²) in [6.07, 6.45) is 1.82. The minimum Gasteiger partial charge on any atom is -0.484 e. The molecule has 0 radical (unpaired) electrons. The lowest BCUT2D eigenvalue weighted by Crippen LogP contribution is -2.38. The van der Waals surface area contributed by atoms with Crippen molar-refractivity contribution >= 4 is 0 Å². The predicted octanol–water partition coefficient (Wildman–Crippen LogP) is 2.44. The topological polar surface area (TPSA) is 69.6 Å². The van der Waals surface area contributed by atoms with Gasteiger partial charge in [0.15, 0.2) is 5.75 Å². The number of piperidine rings is 1. The molecular formula is C19H23FN4O3. The zero-order valence-corrected chi connectivity index (χ0v) is 15.6. The highest BCUT2D eigenvalue weighted by atomic mass is 19.1. The van der Waals surface area contributed by atoms with Crippen LogP contribution in [0.3, 0.4) is 0 Å². The van der Waals surface area contributed by atoms with Crippen LogP contribution in [0.5, 0.6) is 17.5 Å². The van der Waals surface area contributed by atoms with Crippen molar-refractivity contribution in [2.45, 2.75) is 39.3 Å². The quantitative estimate of drug-likeness (QED) is 0.814. The molecule has 0 atom stereocenters. The summed E-state index contributed by atoms with van der Waals surface area (Å²) in [7, 11) is 0. The van der Waals surface area contributed by atoms with Gasteiger partial charge in [0.05, 0.1) is 5.69 Å². The largest absolute Gasteiger partial charge is 0.484 e. The van der Waals surface area contributed by atoms with Crippen LogP contribution in [0.4, 0.5) is 4.39 Å². The monoisotopic (exact) mass is 374 g/mol. The Kier molecular flexibility index (Phi) is 5.07. The molecule has 2 aromatic heterocycles. The zero-order chi connectivity index (χ0) is 18.8. The Morgan fingerprint density at radius 2 is 1.89 bits per heavy atom. The van der Waals surface area contributed by atoms with Crippen LogP contribution in [-0.4, -0.2) is 52.3 Å². The summed E-state index contributed by atoms with van der Waals surface area (Å²) >= 11 is 0. The van der Waals surface area contributed by atoms with Gasteiger partial charge in [-0.2, -0.15) is 4.98 Å². The van der Waals surface area contributed by atoms with Crippen LogP contribution in [0.15, 0.2) is 12.1 Å². The van der Waals surface area contributed by atoms with Crippen molar-refractivity contribution in [3.63, 3.8) is 0 Å². The number of aromatic nitrogens is 3. The molecule has 4 rings (SSSR count). The molecule has 4 heterocycles.